The normalized spacial score (nSPS) is 13.0. The Morgan fingerprint density at radius 3 is 2.21 bits per heavy atom. The van der Waals surface area contributed by atoms with Crippen LogP contribution >= 0.6 is 0 Å². The molecule has 0 unspecified atom stereocenters. The summed E-state index contributed by atoms with van der Waals surface area (Å²) in [5.41, 5.74) is 0. The number of carboxylic acids is 1. The number of carboxylic acid groups (broad SMARTS) is 1. The standard InChI is InChI=1S/C15H27N3O6/c1-10(19)11(4-5-14(21)22)18-15(23)12(7-9-24-3)17-13(20)6-8-16-2/h11-12,16H,4-9H2,1-3H3,(H,17,20)(H,18,23)(H,21,22)/t11-,12-/m0/s1. The summed E-state index contributed by atoms with van der Waals surface area (Å²) in [5, 5.41) is 16.6. The largest absolute Gasteiger partial charge is 0.481 e. The van der Waals surface area contributed by atoms with Crippen molar-refractivity contribution in [2.45, 2.75) is 44.7 Å². The molecule has 0 aromatic carbocycles. The summed E-state index contributed by atoms with van der Waals surface area (Å²) >= 11 is 0. The molecular weight excluding hydrogens is 318 g/mol. The first-order valence-corrected chi connectivity index (χ1v) is 7.77. The molecule has 0 aromatic heterocycles. The van der Waals surface area contributed by atoms with E-state index in [4.69, 9.17) is 9.84 Å². The Morgan fingerprint density at radius 1 is 1.04 bits per heavy atom. The van der Waals surface area contributed by atoms with Crippen molar-refractivity contribution >= 4 is 23.6 Å². The van der Waals surface area contributed by atoms with E-state index in [-0.39, 0.29) is 44.0 Å². The lowest BCUT2D eigenvalue weighted by molar-refractivity contribution is -0.137. The van der Waals surface area contributed by atoms with Gasteiger partial charge in [0.1, 0.15) is 6.04 Å². The van der Waals surface area contributed by atoms with Crippen LogP contribution in [-0.4, -0.2) is 68.1 Å². The average Bonchev–Trinajstić information content (AvgIpc) is 2.52. The molecule has 0 bridgehead atoms. The SMILES string of the molecule is CNCCC(=O)N[C@@H](CCOC)C(=O)N[C@@H](CCC(=O)O)C(C)=O. The van der Waals surface area contributed by atoms with Gasteiger partial charge >= 0.3 is 5.97 Å². The number of Topliss-reactive ketones (excluding diaryl/α,β-unsaturated/α-hetero) is 1. The van der Waals surface area contributed by atoms with Gasteiger partial charge in [-0.2, -0.15) is 0 Å². The Morgan fingerprint density at radius 2 is 1.71 bits per heavy atom. The van der Waals surface area contributed by atoms with Crippen LogP contribution in [0, 0.1) is 0 Å². The lowest BCUT2D eigenvalue weighted by Gasteiger charge is -2.22. The van der Waals surface area contributed by atoms with Crippen LogP contribution in [0.4, 0.5) is 0 Å². The minimum atomic E-state index is -1.05. The van der Waals surface area contributed by atoms with Crippen molar-refractivity contribution in [3.63, 3.8) is 0 Å². The number of ketones is 1. The van der Waals surface area contributed by atoms with E-state index in [0.717, 1.165) is 0 Å². The van der Waals surface area contributed by atoms with Crippen molar-refractivity contribution in [3.05, 3.63) is 0 Å². The molecule has 138 valence electrons. The lowest BCUT2D eigenvalue weighted by atomic mass is 10.1. The smallest absolute Gasteiger partial charge is 0.303 e. The molecule has 0 radical (unpaired) electrons. The summed E-state index contributed by atoms with van der Waals surface area (Å²) in [6.45, 7) is 2.01. The highest BCUT2D eigenvalue weighted by Crippen LogP contribution is 2.02. The third-order valence-corrected chi connectivity index (χ3v) is 3.32. The summed E-state index contributed by atoms with van der Waals surface area (Å²) < 4.78 is 4.93. The van der Waals surface area contributed by atoms with Crippen molar-refractivity contribution in [2.24, 2.45) is 0 Å². The van der Waals surface area contributed by atoms with Crippen LogP contribution in [0.5, 0.6) is 0 Å². The Kier molecular flexibility index (Phi) is 11.4. The van der Waals surface area contributed by atoms with E-state index in [0.29, 0.717) is 6.54 Å². The highest BCUT2D eigenvalue weighted by molar-refractivity contribution is 5.92. The number of rotatable bonds is 13. The molecule has 4 N–H and O–H groups in total. The van der Waals surface area contributed by atoms with Crippen LogP contribution < -0.4 is 16.0 Å². The van der Waals surface area contributed by atoms with E-state index < -0.39 is 24.0 Å². The number of amides is 2. The number of carbonyl (C=O) groups is 4. The molecule has 0 saturated carbocycles. The summed E-state index contributed by atoms with van der Waals surface area (Å²) in [6, 6.07) is -1.74. The number of aliphatic carboxylic acids is 1. The zero-order valence-electron chi connectivity index (χ0n) is 14.4. The van der Waals surface area contributed by atoms with Crippen molar-refractivity contribution in [1.82, 2.24) is 16.0 Å². The second-order valence-corrected chi connectivity index (χ2v) is 5.36. The second-order valence-electron chi connectivity index (χ2n) is 5.36. The molecule has 0 aliphatic carbocycles. The fraction of sp³-hybridized carbons (Fsp3) is 0.733. The van der Waals surface area contributed by atoms with Crippen LogP contribution in [0.25, 0.3) is 0 Å². The zero-order chi connectivity index (χ0) is 18.5. The van der Waals surface area contributed by atoms with Gasteiger partial charge in [0.05, 0.1) is 6.04 Å². The monoisotopic (exact) mass is 345 g/mol. The predicted octanol–water partition coefficient (Wildman–Crippen LogP) is -0.944. The fourth-order valence-electron chi connectivity index (χ4n) is 1.93. The number of hydrogen-bond acceptors (Lipinski definition) is 6. The zero-order valence-corrected chi connectivity index (χ0v) is 14.4. The molecule has 0 saturated heterocycles. The van der Waals surface area contributed by atoms with Crippen LogP contribution in [-0.2, 0) is 23.9 Å². The van der Waals surface area contributed by atoms with Gasteiger partial charge in [0.15, 0.2) is 5.78 Å². The molecule has 24 heavy (non-hydrogen) atoms. The molecule has 0 aliphatic heterocycles. The maximum absolute atomic E-state index is 12.3. The van der Waals surface area contributed by atoms with Gasteiger partial charge in [0.2, 0.25) is 11.8 Å². The number of hydrogen-bond donors (Lipinski definition) is 4. The Hall–Kier alpha value is -2.00. The van der Waals surface area contributed by atoms with Crippen LogP contribution in [0.2, 0.25) is 0 Å². The van der Waals surface area contributed by atoms with E-state index >= 15 is 0 Å². The summed E-state index contributed by atoms with van der Waals surface area (Å²) in [6.07, 6.45) is 0.225. The predicted molar refractivity (Wildman–Crippen MR) is 86.4 cm³/mol. The van der Waals surface area contributed by atoms with Crippen molar-refractivity contribution in [2.75, 3.05) is 27.3 Å². The second kappa shape index (κ2) is 12.4. The first kappa shape index (κ1) is 22.0. The van der Waals surface area contributed by atoms with Gasteiger partial charge in [-0.05, 0) is 26.8 Å². The molecule has 9 nitrogen and oxygen atoms in total. The Balaban J connectivity index is 4.77. The molecule has 0 aromatic rings. The third kappa shape index (κ3) is 9.90. The summed E-state index contributed by atoms with van der Waals surface area (Å²) in [5.74, 6) is -2.22. The van der Waals surface area contributed by atoms with E-state index in [1.54, 1.807) is 7.05 Å². The minimum absolute atomic E-state index is 0.00110. The molecule has 0 aliphatic rings. The lowest BCUT2D eigenvalue weighted by Crippen LogP contribution is -2.52. The molecule has 9 heteroatoms. The number of carbonyl (C=O) groups excluding carboxylic acids is 3. The Labute approximate surface area is 141 Å². The van der Waals surface area contributed by atoms with Crippen LogP contribution in [0.1, 0.15) is 32.6 Å². The molecule has 0 fully saturated rings. The molecule has 2 amide bonds. The first-order chi connectivity index (χ1) is 11.3. The van der Waals surface area contributed by atoms with Crippen molar-refractivity contribution < 1.29 is 29.0 Å². The Bertz CT molecular complexity index is 441. The van der Waals surface area contributed by atoms with E-state index in [1.165, 1.54) is 14.0 Å². The van der Waals surface area contributed by atoms with Gasteiger partial charge in [-0.3, -0.25) is 19.2 Å². The van der Waals surface area contributed by atoms with Gasteiger partial charge in [0, 0.05) is 33.1 Å². The van der Waals surface area contributed by atoms with E-state index in [9.17, 15) is 19.2 Å². The van der Waals surface area contributed by atoms with Crippen LogP contribution in [0.15, 0.2) is 0 Å². The van der Waals surface area contributed by atoms with Crippen molar-refractivity contribution in [3.8, 4) is 0 Å². The fourth-order valence-corrected chi connectivity index (χ4v) is 1.93. The average molecular weight is 345 g/mol. The number of methoxy groups -OCH3 is 1. The van der Waals surface area contributed by atoms with Gasteiger partial charge in [0.25, 0.3) is 0 Å². The summed E-state index contributed by atoms with van der Waals surface area (Å²) in [7, 11) is 3.19. The molecular formula is C15H27N3O6. The molecule has 0 rings (SSSR count). The topological polar surface area (TPSA) is 134 Å². The van der Waals surface area contributed by atoms with Gasteiger partial charge in [-0.15, -0.1) is 0 Å². The molecule has 0 heterocycles. The molecule has 2 atom stereocenters. The highest BCUT2D eigenvalue weighted by Gasteiger charge is 2.25. The molecule has 0 spiro atoms. The van der Waals surface area contributed by atoms with E-state index in [1.807, 2.05) is 0 Å². The first-order valence-electron chi connectivity index (χ1n) is 7.77. The maximum atomic E-state index is 12.3. The third-order valence-electron chi connectivity index (χ3n) is 3.32. The van der Waals surface area contributed by atoms with E-state index in [2.05, 4.69) is 16.0 Å². The van der Waals surface area contributed by atoms with Crippen molar-refractivity contribution in [1.29, 1.82) is 0 Å². The van der Waals surface area contributed by atoms with Gasteiger partial charge < -0.3 is 25.8 Å². The maximum Gasteiger partial charge on any atom is 0.303 e. The quantitative estimate of drug-likeness (QED) is 0.338. The number of nitrogens with one attached hydrogen (secondary N) is 3. The highest BCUT2D eigenvalue weighted by atomic mass is 16.5. The van der Waals surface area contributed by atoms with Crippen LogP contribution in [0.3, 0.4) is 0 Å². The summed E-state index contributed by atoms with van der Waals surface area (Å²) in [4.78, 5) is 46.3. The van der Waals surface area contributed by atoms with Gasteiger partial charge in [-0.1, -0.05) is 0 Å². The van der Waals surface area contributed by atoms with Gasteiger partial charge in [-0.25, -0.2) is 0 Å². The minimum Gasteiger partial charge on any atom is -0.481 e. The number of ether oxygens (including phenoxy) is 1.